The zero-order chi connectivity index (χ0) is 14.0. The quantitative estimate of drug-likeness (QED) is 0.908. The van der Waals surface area contributed by atoms with E-state index >= 15 is 0 Å². The zero-order valence-corrected chi connectivity index (χ0v) is 13.2. The lowest BCUT2D eigenvalue weighted by Crippen LogP contribution is -2.09. The highest BCUT2D eigenvalue weighted by atomic mass is 79.9. The fraction of sp³-hybridized carbons (Fsp3) is 0.429. The first kappa shape index (κ1) is 14.1. The second-order valence-corrected chi connectivity index (χ2v) is 5.53. The van der Waals surface area contributed by atoms with Crippen LogP contribution in [0.25, 0.3) is 11.6 Å². The number of hydrogen-bond acceptors (Lipinski definition) is 4. The molecule has 2 heterocycles. The molecule has 0 atom stereocenters. The van der Waals surface area contributed by atoms with E-state index in [0.29, 0.717) is 17.5 Å². The summed E-state index contributed by atoms with van der Waals surface area (Å²) in [5, 5.41) is 3.31. The maximum Gasteiger partial charge on any atom is 0.199 e. The van der Waals surface area contributed by atoms with E-state index in [1.165, 1.54) is 0 Å². The average molecular weight is 324 g/mol. The lowest BCUT2D eigenvalue weighted by atomic mass is 10.0. The van der Waals surface area contributed by atoms with E-state index in [0.717, 1.165) is 28.1 Å². The molecular weight excluding hydrogens is 306 g/mol. The van der Waals surface area contributed by atoms with E-state index in [9.17, 15) is 0 Å². The van der Waals surface area contributed by atoms with E-state index in [4.69, 9.17) is 4.42 Å². The zero-order valence-electron chi connectivity index (χ0n) is 11.6. The number of rotatable bonds is 4. The highest BCUT2D eigenvalue weighted by Crippen LogP contribution is 2.31. The predicted octanol–water partition coefficient (Wildman–Crippen LogP) is 4.36. The summed E-state index contributed by atoms with van der Waals surface area (Å²) in [5.41, 5.74) is 2.15. The van der Waals surface area contributed by atoms with Crippen molar-refractivity contribution < 1.29 is 4.42 Å². The minimum absolute atomic E-state index is 0.378. The van der Waals surface area contributed by atoms with E-state index < -0.39 is 0 Å². The normalized spacial score (nSPS) is 11.1. The minimum Gasteiger partial charge on any atom is -0.460 e. The Bertz CT molecular complexity index is 578. The Balaban J connectivity index is 2.57. The highest BCUT2D eigenvalue weighted by molar-refractivity contribution is 9.10. The second-order valence-electron chi connectivity index (χ2n) is 4.68. The van der Waals surface area contributed by atoms with Crippen molar-refractivity contribution in [2.75, 3.05) is 11.9 Å². The van der Waals surface area contributed by atoms with Gasteiger partial charge in [-0.05, 0) is 41.8 Å². The first-order valence-corrected chi connectivity index (χ1v) is 7.19. The number of aryl methyl sites for hydroxylation is 1. The number of hydrogen-bond donors (Lipinski definition) is 1. The summed E-state index contributed by atoms with van der Waals surface area (Å²) in [7, 11) is 0. The van der Waals surface area contributed by atoms with E-state index in [2.05, 4.69) is 52.0 Å². The molecule has 0 fully saturated rings. The van der Waals surface area contributed by atoms with Gasteiger partial charge < -0.3 is 9.73 Å². The van der Waals surface area contributed by atoms with Gasteiger partial charge in [0.15, 0.2) is 11.6 Å². The van der Waals surface area contributed by atoms with Crippen LogP contribution in [0.1, 0.15) is 37.9 Å². The highest BCUT2D eigenvalue weighted by Gasteiger charge is 2.17. The van der Waals surface area contributed by atoms with E-state index in [1.54, 1.807) is 6.26 Å². The largest absolute Gasteiger partial charge is 0.460 e. The monoisotopic (exact) mass is 323 g/mol. The molecule has 2 aromatic heterocycles. The third kappa shape index (κ3) is 2.81. The van der Waals surface area contributed by atoms with Crippen LogP contribution in [-0.2, 0) is 0 Å². The van der Waals surface area contributed by atoms with Crippen LogP contribution in [0.5, 0.6) is 0 Å². The van der Waals surface area contributed by atoms with Crippen LogP contribution in [0.15, 0.2) is 21.2 Å². The molecule has 0 aliphatic rings. The van der Waals surface area contributed by atoms with Gasteiger partial charge >= 0.3 is 0 Å². The lowest BCUT2D eigenvalue weighted by molar-refractivity contribution is 0.575. The molecule has 0 spiro atoms. The van der Waals surface area contributed by atoms with Gasteiger partial charge in [-0.25, -0.2) is 9.97 Å². The topological polar surface area (TPSA) is 51.0 Å². The van der Waals surface area contributed by atoms with Crippen molar-refractivity contribution in [1.29, 1.82) is 0 Å². The first-order valence-electron chi connectivity index (χ1n) is 6.40. The third-order valence-corrected chi connectivity index (χ3v) is 3.50. The van der Waals surface area contributed by atoms with Gasteiger partial charge in [0, 0.05) is 17.8 Å². The van der Waals surface area contributed by atoms with Gasteiger partial charge in [0.05, 0.1) is 10.7 Å². The summed E-state index contributed by atoms with van der Waals surface area (Å²) in [4.78, 5) is 9.17. The van der Waals surface area contributed by atoms with Gasteiger partial charge in [-0.1, -0.05) is 13.8 Å². The van der Waals surface area contributed by atoms with Crippen LogP contribution in [0, 0.1) is 6.92 Å². The summed E-state index contributed by atoms with van der Waals surface area (Å²) >= 11 is 3.44. The Morgan fingerprint density at radius 3 is 2.63 bits per heavy atom. The van der Waals surface area contributed by atoms with Gasteiger partial charge in [0.1, 0.15) is 5.82 Å². The average Bonchev–Trinajstić information content (AvgIpc) is 2.74. The SMILES string of the molecule is CCNc1nc(-c2occc2Br)nc(C)c1C(C)C. The van der Waals surface area contributed by atoms with Crippen molar-refractivity contribution in [2.24, 2.45) is 0 Å². The standard InChI is InChI=1S/C14H18BrN3O/c1-5-16-13-11(8(2)3)9(4)17-14(18-13)12-10(15)6-7-19-12/h6-8H,5H2,1-4H3,(H,16,17,18). The molecule has 0 radical (unpaired) electrons. The van der Waals surface area contributed by atoms with Gasteiger partial charge in [-0.3, -0.25) is 0 Å². The van der Waals surface area contributed by atoms with Gasteiger partial charge in [0.25, 0.3) is 0 Å². The molecule has 19 heavy (non-hydrogen) atoms. The molecule has 0 bridgehead atoms. The molecule has 0 aromatic carbocycles. The molecule has 0 unspecified atom stereocenters. The van der Waals surface area contributed by atoms with Gasteiger partial charge in [0.2, 0.25) is 0 Å². The molecule has 4 nitrogen and oxygen atoms in total. The van der Waals surface area contributed by atoms with E-state index in [-0.39, 0.29) is 0 Å². The van der Waals surface area contributed by atoms with Crippen molar-refractivity contribution in [3.63, 3.8) is 0 Å². The molecule has 5 heteroatoms. The van der Waals surface area contributed by atoms with Crippen LogP contribution in [-0.4, -0.2) is 16.5 Å². The van der Waals surface area contributed by atoms with Crippen molar-refractivity contribution in [2.45, 2.75) is 33.6 Å². The summed E-state index contributed by atoms with van der Waals surface area (Å²) in [6.45, 7) is 9.20. The number of nitrogens with zero attached hydrogens (tertiary/aromatic N) is 2. The van der Waals surface area contributed by atoms with Gasteiger partial charge in [-0.15, -0.1) is 0 Å². The second kappa shape index (κ2) is 5.74. The fourth-order valence-corrected chi connectivity index (χ4v) is 2.51. The van der Waals surface area contributed by atoms with Crippen LogP contribution in [0.2, 0.25) is 0 Å². The molecule has 0 saturated heterocycles. The Hall–Kier alpha value is -1.36. The third-order valence-electron chi connectivity index (χ3n) is 2.88. The molecule has 0 aliphatic carbocycles. The molecule has 1 N–H and O–H groups in total. The first-order chi connectivity index (χ1) is 9.04. The minimum atomic E-state index is 0.378. The smallest absolute Gasteiger partial charge is 0.199 e. The molecule has 102 valence electrons. The molecule has 2 rings (SSSR count). The van der Waals surface area contributed by atoms with Crippen molar-refractivity contribution in [3.05, 3.63) is 28.1 Å². The number of halogens is 1. The number of anilines is 1. The van der Waals surface area contributed by atoms with Crippen molar-refractivity contribution >= 4 is 21.7 Å². The maximum absolute atomic E-state index is 5.44. The van der Waals surface area contributed by atoms with Crippen LogP contribution >= 0.6 is 15.9 Å². The summed E-state index contributed by atoms with van der Waals surface area (Å²) in [6.07, 6.45) is 1.63. The van der Waals surface area contributed by atoms with Crippen LogP contribution in [0.3, 0.4) is 0 Å². The Morgan fingerprint density at radius 2 is 2.11 bits per heavy atom. The lowest BCUT2D eigenvalue weighted by Gasteiger charge is -2.16. The van der Waals surface area contributed by atoms with E-state index in [1.807, 2.05) is 13.0 Å². The molecular formula is C14H18BrN3O. The molecule has 0 aliphatic heterocycles. The molecule has 0 amide bonds. The Morgan fingerprint density at radius 1 is 1.37 bits per heavy atom. The fourth-order valence-electron chi connectivity index (χ4n) is 2.13. The Kier molecular flexibility index (Phi) is 4.24. The van der Waals surface area contributed by atoms with Crippen LogP contribution < -0.4 is 5.32 Å². The number of nitrogens with one attached hydrogen (secondary N) is 1. The molecule has 0 saturated carbocycles. The number of aromatic nitrogens is 2. The van der Waals surface area contributed by atoms with Gasteiger partial charge in [-0.2, -0.15) is 0 Å². The summed E-state index contributed by atoms with van der Waals surface area (Å²) in [5.74, 6) is 2.54. The Labute approximate surface area is 121 Å². The number of furan rings is 1. The van der Waals surface area contributed by atoms with Crippen molar-refractivity contribution in [1.82, 2.24) is 9.97 Å². The van der Waals surface area contributed by atoms with Crippen molar-refractivity contribution in [3.8, 4) is 11.6 Å². The summed E-state index contributed by atoms with van der Waals surface area (Å²) in [6, 6.07) is 1.84. The molecule has 2 aromatic rings. The predicted molar refractivity (Wildman–Crippen MR) is 80.4 cm³/mol. The van der Waals surface area contributed by atoms with Crippen LogP contribution in [0.4, 0.5) is 5.82 Å². The summed E-state index contributed by atoms with van der Waals surface area (Å²) < 4.78 is 6.31. The maximum atomic E-state index is 5.44.